The minimum Gasteiger partial charge on any atom is -0.394 e. The monoisotopic (exact) mass is 902 g/mol. The van der Waals surface area contributed by atoms with Gasteiger partial charge < -0.3 is 89.3 Å². The second-order valence-electron chi connectivity index (χ2n) is 21.0. The van der Waals surface area contributed by atoms with Crippen LogP contribution in [0, 0.1) is 46.3 Å². The third-order valence-corrected chi connectivity index (χ3v) is 17.4. The highest BCUT2D eigenvalue weighted by Gasteiger charge is 2.68. The Labute approximate surface area is 369 Å². The SMILES string of the molecule is CC1O[C@@H](O[C@H]2C(O)[C@H](O)C(CO)O[C@H]2OC2CC[C@@]3(C)C(=CC[C@H]4[C@@H]5CC6OC(O)(CC[C@@H](C)CO[C@@H]7OC(CO)[C@@H](O)C(O)[C@@H]7O)[C@@H](C)[C@@H]6[C@@]5(C)CC[C@@H]43)C2)[C@@H](O)C(O)[C@H]1O. The number of rotatable bonds is 12. The quantitative estimate of drug-likeness (QED) is 0.107. The molecule has 0 amide bonds. The first kappa shape index (κ1) is 48.5. The first-order valence-electron chi connectivity index (χ1n) is 23.4. The molecular weight excluding hydrogens is 828 g/mol. The summed E-state index contributed by atoms with van der Waals surface area (Å²) in [6, 6.07) is 0. The average Bonchev–Trinajstić information content (AvgIpc) is 3.70. The van der Waals surface area contributed by atoms with Crippen molar-refractivity contribution in [2.24, 2.45) is 46.3 Å². The van der Waals surface area contributed by atoms with E-state index in [0.29, 0.717) is 43.4 Å². The smallest absolute Gasteiger partial charge is 0.187 e. The minimum atomic E-state index is -1.65. The Balaban J connectivity index is 0.885. The van der Waals surface area contributed by atoms with Crippen LogP contribution >= 0.6 is 0 Å². The fraction of sp³-hybridized carbons (Fsp3) is 0.956. The third-order valence-electron chi connectivity index (χ3n) is 17.4. The Morgan fingerprint density at radius 3 is 2.10 bits per heavy atom. The molecule has 4 saturated heterocycles. The molecule has 11 N–H and O–H groups in total. The van der Waals surface area contributed by atoms with Crippen LogP contribution in [-0.2, 0) is 33.2 Å². The van der Waals surface area contributed by atoms with Crippen molar-refractivity contribution in [1.82, 2.24) is 0 Å². The maximum Gasteiger partial charge on any atom is 0.187 e. The van der Waals surface area contributed by atoms with Crippen molar-refractivity contribution < 1.29 is 89.3 Å². The van der Waals surface area contributed by atoms with Crippen LogP contribution in [0.4, 0.5) is 0 Å². The predicted molar refractivity (Wildman–Crippen MR) is 218 cm³/mol. The van der Waals surface area contributed by atoms with Gasteiger partial charge >= 0.3 is 0 Å². The first-order valence-corrected chi connectivity index (χ1v) is 23.4. The lowest BCUT2D eigenvalue weighted by atomic mass is 9.47. The van der Waals surface area contributed by atoms with E-state index in [-0.39, 0.29) is 47.4 Å². The number of ether oxygens (including phenoxy) is 7. The normalized spacial score (nSPS) is 55.0. The number of hydrogen-bond acceptors (Lipinski definition) is 18. The summed E-state index contributed by atoms with van der Waals surface area (Å²) in [6.07, 6.45) is -11.5. The van der Waals surface area contributed by atoms with Crippen LogP contribution in [-0.4, -0.2) is 186 Å². The van der Waals surface area contributed by atoms with Gasteiger partial charge in [0, 0.05) is 12.3 Å². The summed E-state index contributed by atoms with van der Waals surface area (Å²) in [5.74, 6) is 0.0506. The first-order chi connectivity index (χ1) is 29.8. The van der Waals surface area contributed by atoms with E-state index >= 15 is 0 Å². The lowest BCUT2D eigenvalue weighted by Gasteiger charge is -2.58. The summed E-state index contributed by atoms with van der Waals surface area (Å²) < 4.78 is 42.1. The van der Waals surface area contributed by atoms with Crippen LogP contribution in [0.3, 0.4) is 0 Å². The van der Waals surface area contributed by atoms with Crippen molar-refractivity contribution in [3.05, 3.63) is 11.6 Å². The van der Waals surface area contributed by atoms with E-state index < -0.39 is 111 Å². The Hall–Kier alpha value is -0.980. The van der Waals surface area contributed by atoms with E-state index in [1.807, 2.05) is 6.92 Å². The topological polar surface area (TPSA) is 287 Å². The van der Waals surface area contributed by atoms with E-state index in [1.165, 1.54) is 12.5 Å². The number of aliphatic hydroxyl groups is 11. The molecule has 0 radical (unpaired) electrons. The summed E-state index contributed by atoms with van der Waals surface area (Å²) >= 11 is 0. The Morgan fingerprint density at radius 1 is 0.746 bits per heavy atom. The van der Waals surface area contributed by atoms with Crippen LogP contribution in [0.15, 0.2) is 11.6 Å². The van der Waals surface area contributed by atoms with Gasteiger partial charge in [0.15, 0.2) is 24.7 Å². The van der Waals surface area contributed by atoms with Crippen molar-refractivity contribution >= 4 is 0 Å². The molecule has 63 heavy (non-hydrogen) atoms. The molecule has 4 heterocycles. The molecule has 0 bridgehead atoms. The molecule has 0 spiro atoms. The van der Waals surface area contributed by atoms with Crippen molar-refractivity contribution in [1.29, 1.82) is 0 Å². The van der Waals surface area contributed by atoms with Gasteiger partial charge in [-0.2, -0.15) is 0 Å². The highest BCUT2D eigenvalue weighted by Crippen LogP contribution is 2.70. The van der Waals surface area contributed by atoms with Gasteiger partial charge in [0.05, 0.1) is 38.1 Å². The summed E-state index contributed by atoms with van der Waals surface area (Å²) in [4.78, 5) is 0. The van der Waals surface area contributed by atoms with E-state index in [9.17, 15) is 56.2 Å². The third kappa shape index (κ3) is 8.51. The summed E-state index contributed by atoms with van der Waals surface area (Å²) in [6.45, 7) is 9.43. The van der Waals surface area contributed by atoms with Crippen LogP contribution in [0.25, 0.3) is 0 Å². The maximum atomic E-state index is 12.0. The van der Waals surface area contributed by atoms with Gasteiger partial charge in [-0.05, 0) is 98.7 Å². The lowest BCUT2D eigenvalue weighted by Crippen LogP contribution is -2.64. The van der Waals surface area contributed by atoms with Gasteiger partial charge in [-0.25, -0.2) is 0 Å². The second-order valence-corrected chi connectivity index (χ2v) is 21.0. The molecule has 4 aliphatic carbocycles. The van der Waals surface area contributed by atoms with Crippen LogP contribution in [0.5, 0.6) is 0 Å². The van der Waals surface area contributed by atoms with E-state index in [2.05, 4.69) is 26.8 Å². The molecule has 8 rings (SSSR count). The van der Waals surface area contributed by atoms with Crippen LogP contribution in [0.2, 0.25) is 0 Å². The fourth-order valence-electron chi connectivity index (χ4n) is 13.5. The van der Waals surface area contributed by atoms with Crippen LogP contribution < -0.4 is 0 Å². The minimum absolute atomic E-state index is 0.0148. The second kappa shape index (κ2) is 18.5. The largest absolute Gasteiger partial charge is 0.394 e. The molecule has 26 atom stereocenters. The fourth-order valence-corrected chi connectivity index (χ4v) is 13.5. The zero-order valence-electron chi connectivity index (χ0n) is 37.1. The number of hydrogen-bond donors (Lipinski definition) is 11. The predicted octanol–water partition coefficient (Wildman–Crippen LogP) is -0.831. The molecule has 3 saturated carbocycles. The molecule has 362 valence electrons. The molecule has 18 heteroatoms. The van der Waals surface area contributed by atoms with Gasteiger partial charge in [-0.3, -0.25) is 0 Å². The van der Waals surface area contributed by atoms with Gasteiger partial charge in [0.25, 0.3) is 0 Å². The Morgan fingerprint density at radius 2 is 1.40 bits per heavy atom. The van der Waals surface area contributed by atoms with Gasteiger partial charge in [0.2, 0.25) is 0 Å². The number of fused-ring (bicyclic) bond motifs is 7. The zero-order valence-corrected chi connectivity index (χ0v) is 37.1. The number of aliphatic hydroxyl groups excluding tert-OH is 10. The molecule has 0 aromatic heterocycles. The van der Waals surface area contributed by atoms with Crippen molar-refractivity contribution in [2.45, 2.75) is 203 Å². The highest BCUT2D eigenvalue weighted by atomic mass is 16.8. The van der Waals surface area contributed by atoms with E-state index in [0.717, 1.165) is 32.1 Å². The van der Waals surface area contributed by atoms with Gasteiger partial charge in [0.1, 0.15) is 67.1 Å². The van der Waals surface area contributed by atoms with Crippen molar-refractivity contribution in [2.75, 3.05) is 19.8 Å². The zero-order chi connectivity index (χ0) is 45.5. The Bertz CT molecular complexity index is 1600. The highest BCUT2D eigenvalue weighted by molar-refractivity contribution is 5.26. The molecule has 4 aliphatic heterocycles. The Kier molecular flexibility index (Phi) is 14.2. The van der Waals surface area contributed by atoms with Gasteiger partial charge in [-0.15, -0.1) is 0 Å². The maximum absolute atomic E-state index is 12.0. The van der Waals surface area contributed by atoms with Crippen molar-refractivity contribution in [3.8, 4) is 0 Å². The molecule has 18 nitrogen and oxygen atoms in total. The average molecular weight is 903 g/mol. The standard InChI is InChI=1S/C45H74O18/c1-19(18-57-40-37(54)35(52)32(49)28(16-46)60-40)8-13-45(56)20(2)30-27(63-45)15-26-24-7-6-22-14-23(9-11-43(22,4)25(24)10-12-44(26,30)5)59-42-39(36(53)33(50)29(17-47)61-42)62-41-38(55)34(51)31(48)21(3)58-41/h6,19-21,23-42,46-56H,7-18H2,1-5H3/t19-,20+,21?,23?,24-,25+,26+,27?,28?,29?,30+,31+,32-,33-,34?,35?,36?,37+,38+,39+,40-,41+,42-,43+,44+,45?/m1/s1. The summed E-state index contributed by atoms with van der Waals surface area (Å²) in [5, 5.41) is 115. The molecule has 9 unspecified atom stereocenters. The van der Waals surface area contributed by atoms with E-state index in [1.54, 1.807) is 0 Å². The lowest BCUT2D eigenvalue weighted by molar-refractivity contribution is -0.369. The molecule has 7 fully saturated rings. The summed E-state index contributed by atoms with van der Waals surface area (Å²) in [5.41, 5.74) is 1.23. The molecule has 8 aliphatic rings. The molecule has 0 aromatic carbocycles. The van der Waals surface area contributed by atoms with Gasteiger partial charge in [-0.1, -0.05) is 39.3 Å². The van der Waals surface area contributed by atoms with E-state index in [4.69, 9.17) is 33.2 Å². The molecule has 0 aromatic rings. The summed E-state index contributed by atoms with van der Waals surface area (Å²) in [7, 11) is 0. The molecular formula is C45H74O18. The van der Waals surface area contributed by atoms with Crippen molar-refractivity contribution in [3.63, 3.8) is 0 Å². The number of allylic oxidation sites excluding steroid dienone is 1. The van der Waals surface area contributed by atoms with Crippen LogP contribution in [0.1, 0.15) is 92.4 Å².